The molecule has 1 aliphatic heterocycles. The molecule has 0 aliphatic carbocycles. The molecule has 0 radical (unpaired) electrons. The molecule has 2 heterocycles. The third kappa shape index (κ3) is 3.31. The number of hydrogen-bond donors (Lipinski definition) is 0. The highest BCUT2D eigenvalue weighted by molar-refractivity contribution is 7.99. The monoisotopic (exact) mass is 267 g/mol. The normalized spacial score (nSPS) is 19.4. The van der Waals surface area contributed by atoms with Crippen LogP contribution in [0.4, 0.5) is 0 Å². The van der Waals surface area contributed by atoms with E-state index in [0.29, 0.717) is 6.42 Å². The molecule has 0 unspecified atom stereocenters. The molecule has 4 heteroatoms. The summed E-state index contributed by atoms with van der Waals surface area (Å²) >= 11 is 1.79. The van der Waals surface area contributed by atoms with Gasteiger partial charge in [-0.2, -0.15) is 0 Å². The Labute approximate surface area is 113 Å². The first-order valence-electron chi connectivity index (χ1n) is 6.77. The van der Waals surface area contributed by atoms with Crippen LogP contribution in [0.5, 0.6) is 0 Å². The highest BCUT2D eigenvalue weighted by Crippen LogP contribution is 2.38. The smallest absolute Gasteiger partial charge is 0.223 e. The van der Waals surface area contributed by atoms with Gasteiger partial charge in [-0.3, -0.25) is 4.79 Å². The maximum absolute atomic E-state index is 12.2. The number of thioether (sulfide) groups is 1. The first-order chi connectivity index (χ1) is 8.83. The Morgan fingerprint density at radius 1 is 1.50 bits per heavy atom. The summed E-state index contributed by atoms with van der Waals surface area (Å²) in [6, 6.07) is 3.85. The second kappa shape index (κ2) is 6.88. The number of nitrogens with zero attached hydrogens (tertiary/aromatic N) is 1. The Kier molecular flexibility index (Phi) is 5.17. The summed E-state index contributed by atoms with van der Waals surface area (Å²) in [7, 11) is 0. The Balaban J connectivity index is 1.85. The first kappa shape index (κ1) is 13.5. The summed E-state index contributed by atoms with van der Waals surface area (Å²) in [5, 5.41) is 0.0960. The predicted octanol–water partition coefficient (Wildman–Crippen LogP) is 3.82. The average Bonchev–Trinajstić information content (AvgIpc) is 3.02. The highest BCUT2D eigenvalue weighted by atomic mass is 32.2. The third-order valence-electron chi connectivity index (χ3n) is 3.24. The molecule has 18 heavy (non-hydrogen) atoms. The van der Waals surface area contributed by atoms with E-state index >= 15 is 0 Å². The SMILES string of the molecule is CCCCCCC(=O)N1CCS[C@H]1c1ccco1. The molecule has 0 N–H and O–H groups in total. The van der Waals surface area contributed by atoms with Gasteiger partial charge in [0.2, 0.25) is 5.91 Å². The van der Waals surface area contributed by atoms with Crippen LogP contribution >= 0.6 is 11.8 Å². The number of unbranched alkanes of at least 4 members (excludes halogenated alkanes) is 3. The van der Waals surface area contributed by atoms with E-state index in [0.717, 1.165) is 30.9 Å². The molecule has 1 amide bonds. The fourth-order valence-corrected chi connectivity index (χ4v) is 3.47. The van der Waals surface area contributed by atoms with Crippen molar-refractivity contribution in [3.63, 3.8) is 0 Å². The Bertz CT molecular complexity index is 364. The van der Waals surface area contributed by atoms with Crippen molar-refractivity contribution in [3.8, 4) is 0 Å². The average molecular weight is 267 g/mol. The van der Waals surface area contributed by atoms with Crippen LogP contribution in [0.2, 0.25) is 0 Å². The molecule has 1 aromatic rings. The van der Waals surface area contributed by atoms with E-state index in [9.17, 15) is 4.79 Å². The van der Waals surface area contributed by atoms with Crippen molar-refractivity contribution in [2.75, 3.05) is 12.3 Å². The number of furan rings is 1. The fraction of sp³-hybridized carbons (Fsp3) is 0.643. The molecule has 3 nitrogen and oxygen atoms in total. The van der Waals surface area contributed by atoms with Crippen molar-refractivity contribution < 1.29 is 9.21 Å². The van der Waals surface area contributed by atoms with Crippen LogP contribution in [0, 0.1) is 0 Å². The molecule has 0 spiro atoms. The van der Waals surface area contributed by atoms with Crippen LogP contribution in [0.25, 0.3) is 0 Å². The van der Waals surface area contributed by atoms with Gasteiger partial charge in [0, 0.05) is 18.7 Å². The molecule has 100 valence electrons. The molecule has 0 aromatic carbocycles. The summed E-state index contributed by atoms with van der Waals surface area (Å²) in [6.45, 7) is 3.04. The largest absolute Gasteiger partial charge is 0.466 e. The summed E-state index contributed by atoms with van der Waals surface area (Å²) in [5.74, 6) is 2.18. The van der Waals surface area contributed by atoms with Gasteiger partial charge in [-0.15, -0.1) is 11.8 Å². The van der Waals surface area contributed by atoms with E-state index in [1.807, 2.05) is 17.0 Å². The van der Waals surface area contributed by atoms with E-state index < -0.39 is 0 Å². The van der Waals surface area contributed by atoms with Crippen molar-refractivity contribution in [1.29, 1.82) is 0 Å². The molecule has 1 saturated heterocycles. The maximum atomic E-state index is 12.2. The minimum atomic E-state index is 0.0960. The number of rotatable bonds is 6. The molecule has 1 aromatic heterocycles. The fourth-order valence-electron chi connectivity index (χ4n) is 2.24. The van der Waals surface area contributed by atoms with Gasteiger partial charge in [0.25, 0.3) is 0 Å². The number of amides is 1. The van der Waals surface area contributed by atoms with Gasteiger partial charge < -0.3 is 9.32 Å². The molecule has 0 saturated carbocycles. The van der Waals surface area contributed by atoms with Gasteiger partial charge >= 0.3 is 0 Å². The maximum Gasteiger partial charge on any atom is 0.223 e. The van der Waals surface area contributed by atoms with Crippen molar-refractivity contribution in [1.82, 2.24) is 4.90 Å². The lowest BCUT2D eigenvalue weighted by Crippen LogP contribution is -2.29. The van der Waals surface area contributed by atoms with E-state index in [-0.39, 0.29) is 11.3 Å². The lowest BCUT2D eigenvalue weighted by Gasteiger charge is -2.22. The van der Waals surface area contributed by atoms with E-state index in [1.165, 1.54) is 12.8 Å². The van der Waals surface area contributed by atoms with Gasteiger partial charge in [-0.1, -0.05) is 26.2 Å². The van der Waals surface area contributed by atoms with Crippen LogP contribution in [-0.2, 0) is 4.79 Å². The Hall–Kier alpha value is -0.900. The van der Waals surface area contributed by atoms with Gasteiger partial charge in [-0.25, -0.2) is 0 Å². The van der Waals surface area contributed by atoms with E-state index in [1.54, 1.807) is 18.0 Å². The minimum absolute atomic E-state index is 0.0960. The van der Waals surface area contributed by atoms with Gasteiger partial charge in [0.15, 0.2) is 0 Å². The molecular formula is C14H21NO2S. The lowest BCUT2D eigenvalue weighted by atomic mass is 10.1. The van der Waals surface area contributed by atoms with Crippen LogP contribution < -0.4 is 0 Å². The van der Waals surface area contributed by atoms with E-state index in [2.05, 4.69) is 6.92 Å². The highest BCUT2D eigenvalue weighted by Gasteiger charge is 2.31. The van der Waals surface area contributed by atoms with Gasteiger partial charge in [0.05, 0.1) is 6.26 Å². The molecule has 1 aliphatic rings. The zero-order chi connectivity index (χ0) is 12.8. The van der Waals surface area contributed by atoms with Crippen LogP contribution in [0.1, 0.15) is 50.2 Å². The number of carbonyl (C=O) groups excluding carboxylic acids is 1. The first-order valence-corrected chi connectivity index (χ1v) is 7.82. The van der Waals surface area contributed by atoms with Crippen LogP contribution in [0.15, 0.2) is 22.8 Å². The molecular weight excluding hydrogens is 246 g/mol. The van der Waals surface area contributed by atoms with Crippen molar-refractivity contribution in [2.24, 2.45) is 0 Å². The summed E-state index contributed by atoms with van der Waals surface area (Å²) in [6.07, 6.45) is 6.97. The zero-order valence-corrected chi connectivity index (χ0v) is 11.7. The Morgan fingerprint density at radius 2 is 2.39 bits per heavy atom. The topological polar surface area (TPSA) is 33.5 Å². The molecule has 0 bridgehead atoms. The predicted molar refractivity (Wildman–Crippen MR) is 74.4 cm³/mol. The number of hydrogen-bond acceptors (Lipinski definition) is 3. The quantitative estimate of drug-likeness (QED) is 0.735. The van der Waals surface area contributed by atoms with Gasteiger partial charge in [0.1, 0.15) is 11.1 Å². The molecule has 1 fully saturated rings. The zero-order valence-electron chi connectivity index (χ0n) is 10.9. The number of carbonyl (C=O) groups is 1. The second-order valence-electron chi connectivity index (χ2n) is 4.64. The van der Waals surface area contributed by atoms with Crippen molar-refractivity contribution in [2.45, 2.75) is 44.4 Å². The second-order valence-corrected chi connectivity index (χ2v) is 5.82. The van der Waals surface area contributed by atoms with Crippen molar-refractivity contribution >= 4 is 17.7 Å². The van der Waals surface area contributed by atoms with Crippen LogP contribution in [-0.4, -0.2) is 23.1 Å². The van der Waals surface area contributed by atoms with Crippen molar-refractivity contribution in [3.05, 3.63) is 24.2 Å². The standard InChI is InChI=1S/C14H21NO2S/c1-2-3-4-5-8-13(16)15-9-11-18-14(15)12-7-6-10-17-12/h6-7,10,14H,2-5,8-9,11H2,1H3/t14-/m0/s1. The summed E-state index contributed by atoms with van der Waals surface area (Å²) in [4.78, 5) is 14.2. The molecule has 1 atom stereocenters. The minimum Gasteiger partial charge on any atom is -0.466 e. The summed E-state index contributed by atoms with van der Waals surface area (Å²) in [5.41, 5.74) is 0. The van der Waals surface area contributed by atoms with Crippen LogP contribution in [0.3, 0.4) is 0 Å². The van der Waals surface area contributed by atoms with E-state index in [4.69, 9.17) is 4.42 Å². The molecule has 2 rings (SSSR count). The summed E-state index contributed by atoms with van der Waals surface area (Å²) < 4.78 is 5.43. The van der Waals surface area contributed by atoms with Gasteiger partial charge in [-0.05, 0) is 18.6 Å². The third-order valence-corrected chi connectivity index (χ3v) is 4.46. The Morgan fingerprint density at radius 3 is 3.11 bits per heavy atom. The lowest BCUT2D eigenvalue weighted by molar-refractivity contribution is -0.131.